The summed E-state index contributed by atoms with van der Waals surface area (Å²) in [5, 5.41) is 8.69. The molecular formula is C13H14BrNO2. The first-order valence-corrected chi connectivity index (χ1v) is 6.40. The second kappa shape index (κ2) is 5.42. The third kappa shape index (κ3) is 3.13. The maximum absolute atomic E-state index is 8.69. The molecule has 3 nitrogen and oxygen atoms in total. The van der Waals surface area contributed by atoms with E-state index >= 15 is 0 Å². The SMILES string of the molecule is COc1cc(CC#N)cc(Br)c1OCC1CC1. The zero-order valence-electron chi connectivity index (χ0n) is 9.70. The van der Waals surface area contributed by atoms with E-state index in [4.69, 9.17) is 14.7 Å². The molecule has 0 saturated heterocycles. The second-order valence-corrected chi connectivity index (χ2v) is 5.05. The number of rotatable bonds is 5. The highest BCUT2D eigenvalue weighted by Gasteiger charge is 2.23. The average Bonchev–Trinajstić information content (AvgIpc) is 3.11. The van der Waals surface area contributed by atoms with Gasteiger partial charge in [-0.05, 0) is 52.4 Å². The van der Waals surface area contributed by atoms with Crippen LogP contribution in [0.25, 0.3) is 0 Å². The van der Waals surface area contributed by atoms with Crippen LogP contribution in [0.5, 0.6) is 11.5 Å². The van der Waals surface area contributed by atoms with Gasteiger partial charge in [-0.15, -0.1) is 0 Å². The van der Waals surface area contributed by atoms with Crippen LogP contribution in [0.2, 0.25) is 0 Å². The molecule has 0 amide bonds. The van der Waals surface area contributed by atoms with E-state index in [0.717, 1.165) is 22.4 Å². The van der Waals surface area contributed by atoms with Gasteiger partial charge in [0.05, 0.1) is 30.7 Å². The number of methoxy groups -OCH3 is 1. The molecule has 0 radical (unpaired) electrons. The van der Waals surface area contributed by atoms with Gasteiger partial charge in [-0.3, -0.25) is 0 Å². The number of nitriles is 1. The smallest absolute Gasteiger partial charge is 0.175 e. The Kier molecular flexibility index (Phi) is 3.90. The molecule has 0 N–H and O–H groups in total. The van der Waals surface area contributed by atoms with Gasteiger partial charge in [-0.25, -0.2) is 0 Å². The molecule has 0 atom stereocenters. The van der Waals surface area contributed by atoms with Crippen LogP contribution >= 0.6 is 15.9 Å². The Morgan fingerprint density at radius 1 is 1.47 bits per heavy atom. The summed E-state index contributed by atoms with van der Waals surface area (Å²) in [6.45, 7) is 0.743. The summed E-state index contributed by atoms with van der Waals surface area (Å²) in [6, 6.07) is 5.89. The summed E-state index contributed by atoms with van der Waals surface area (Å²) >= 11 is 3.46. The van der Waals surface area contributed by atoms with Crippen molar-refractivity contribution in [3.05, 3.63) is 22.2 Å². The summed E-state index contributed by atoms with van der Waals surface area (Å²) in [6.07, 6.45) is 2.89. The van der Waals surface area contributed by atoms with Crippen LogP contribution in [0, 0.1) is 17.2 Å². The van der Waals surface area contributed by atoms with Gasteiger partial charge in [-0.2, -0.15) is 5.26 Å². The van der Waals surface area contributed by atoms with Crippen LogP contribution in [0.3, 0.4) is 0 Å². The highest BCUT2D eigenvalue weighted by Crippen LogP contribution is 2.38. The van der Waals surface area contributed by atoms with Crippen molar-refractivity contribution < 1.29 is 9.47 Å². The summed E-state index contributed by atoms with van der Waals surface area (Å²) in [7, 11) is 1.61. The fourth-order valence-corrected chi connectivity index (χ4v) is 2.20. The maximum Gasteiger partial charge on any atom is 0.175 e. The molecule has 17 heavy (non-hydrogen) atoms. The third-order valence-electron chi connectivity index (χ3n) is 2.73. The average molecular weight is 296 g/mol. The molecular weight excluding hydrogens is 282 g/mol. The maximum atomic E-state index is 8.69. The molecule has 1 saturated carbocycles. The number of nitrogens with zero attached hydrogens (tertiary/aromatic N) is 1. The summed E-state index contributed by atoms with van der Waals surface area (Å²) in [5.41, 5.74) is 0.926. The standard InChI is InChI=1S/C13H14BrNO2/c1-16-12-7-10(4-5-15)6-11(14)13(12)17-8-9-2-3-9/h6-7,9H,2-4,8H2,1H3. The Hall–Kier alpha value is -1.21. The second-order valence-electron chi connectivity index (χ2n) is 4.20. The largest absolute Gasteiger partial charge is 0.493 e. The topological polar surface area (TPSA) is 42.2 Å². The van der Waals surface area contributed by atoms with Gasteiger partial charge in [0.1, 0.15) is 0 Å². The predicted molar refractivity (Wildman–Crippen MR) is 68.2 cm³/mol. The Morgan fingerprint density at radius 2 is 2.24 bits per heavy atom. The minimum absolute atomic E-state index is 0.373. The quantitative estimate of drug-likeness (QED) is 0.837. The first-order chi connectivity index (χ1) is 8.24. The van der Waals surface area contributed by atoms with E-state index in [1.54, 1.807) is 7.11 Å². The molecule has 0 heterocycles. The molecule has 1 aromatic rings. The zero-order chi connectivity index (χ0) is 12.3. The number of halogens is 1. The molecule has 2 rings (SSSR count). The van der Waals surface area contributed by atoms with Gasteiger partial charge in [0.15, 0.2) is 11.5 Å². The first kappa shape index (κ1) is 12.3. The normalized spacial score (nSPS) is 14.2. The van der Waals surface area contributed by atoms with Crippen molar-refractivity contribution >= 4 is 15.9 Å². The summed E-state index contributed by atoms with van der Waals surface area (Å²) < 4.78 is 11.9. The molecule has 0 spiro atoms. The zero-order valence-corrected chi connectivity index (χ0v) is 11.3. The lowest BCUT2D eigenvalue weighted by atomic mass is 10.1. The third-order valence-corrected chi connectivity index (χ3v) is 3.32. The fraction of sp³-hybridized carbons (Fsp3) is 0.462. The van der Waals surface area contributed by atoms with Crippen molar-refractivity contribution in [2.45, 2.75) is 19.3 Å². The van der Waals surface area contributed by atoms with E-state index in [-0.39, 0.29) is 0 Å². The Labute approximate surface area is 109 Å². The molecule has 1 aliphatic rings. The van der Waals surface area contributed by atoms with Gasteiger partial charge in [0.2, 0.25) is 0 Å². The fourth-order valence-electron chi connectivity index (χ4n) is 1.59. The van der Waals surface area contributed by atoms with Crippen LogP contribution < -0.4 is 9.47 Å². The van der Waals surface area contributed by atoms with Crippen molar-refractivity contribution in [2.75, 3.05) is 13.7 Å². The van der Waals surface area contributed by atoms with Crippen LogP contribution in [-0.4, -0.2) is 13.7 Å². The summed E-state index contributed by atoms with van der Waals surface area (Å²) in [5.74, 6) is 2.12. The lowest BCUT2D eigenvalue weighted by Crippen LogP contribution is -2.02. The monoisotopic (exact) mass is 295 g/mol. The number of ether oxygens (including phenoxy) is 2. The Bertz CT molecular complexity index is 449. The Balaban J connectivity index is 2.19. The van der Waals surface area contributed by atoms with Crippen molar-refractivity contribution in [3.8, 4) is 17.6 Å². The van der Waals surface area contributed by atoms with E-state index in [2.05, 4.69) is 22.0 Å². The Morgan fingerprint density at radius 3 is 2.82 bits per heavy atom. The lowest BCUT2D eigenvalue weighted by Gasteiger charge is -2.13. The molecule has 1 fully saturated rings. The molecule has 0 aliphatic heterocycles. The van der Waals surface area contributed by atoms with Gasteiger partial charge in [0, 0.05) is 0 Å². The van der Waals surface area contributed by atoms with E-state index in [9.17, 15) is 0 Å². The highest BCUT2D eigenvalue weighted by molar-refractivity contribution is 9.10. The highest BCUT2D eigenvalue weighted by atomic mass is 79.9. The van der Waals surface area contributed by atoms with Crippen LogP contribution in [-0.2, 0) is 6.42 Å². The van der Waals surface area contributed by atoms with E-state index in [1.165, 1.54) is 12.8 Å². The number of benzene rings is 1. The van der Waals surface area contributed by atoms with Crippen LogP contribution in [0.4, 0.5) is 0 Å². The molecule has 0 aromatic heterocycles. The molecule has 0 bridgehead atoms. The van der Waals surface area contributed by atoms with E-state index in [1.807, 2.05) is 12.1 Å². The predicted octanol–water partition coefficient (Wildman–Crippen LogP) is 3.31. The lowest BCUT2D eigenvalue weighted by molar-refractivity contribution is 0.278. The van der Waals surface area contributed by atoms with Gasteiger partial charge >= 0.3 is 0 Å². The van der Waals surface area contributed by atoms with Crippen LogP contribution in [0.15, 0.2) is 16.6 Å². The number of hydrogen-bond donors (Lipinski definition) is 0. The molecule has 90 valence electrons. The van der Waals surface area contributed by atoms with Gasteiger partial charge in [0.25, 0.3) is 0 Å². The number of hydrogen-bond acceptors (Lipinski definition) is 3. The van der Waals surface area contributed by atoms with Crippen molar-refractivity contribution in [1.29, 1.82) is 5.26 Å². The van der Waals surface area contributed by atoms with Gasteiger partial charge in [-0.1, -0.05) is 0 Å². The minimum atomic E-state index is 0.373. The molecule has 0 unspecified atom stereocenters. The van der Waals surface area contributed by atoms with Gasteiger partial charge < -0.3 is 9.47 Å². The van der Waals surface area contributed by atoms with Crippen molar-refractivity contribution in [1.82, 2.24) is 0 Å². The van der Waals surface area contributed by atoms with E-state index in [0.29, 0.717) is 18.1 Å². The molecule has 1 aromatic carbocycles. The van der Waals surface area contributed by atoms with Crippen LogP contribution in [0.1, 0.15) is 18.4 Å². The summed E-state index contributed by atoms with van der Waals surface area (Å²) in [4.78, 5) is 0. The molecule has 4 heteroatoms. The minimum Gasteiger partial charge on any atom is -0.493 e. The van der Waals surface area contributed by atoms with Crippen molar-refractivity contribution in [3.63, 3.8) is 0 Å². The first-order valence-electron chi connectivity index (χ1n) is 5.60. The van der Waals surface area contributed by atoms with Crippen molar-refractivity contribution in [2.24, 2.45) is 5.92 Å². The van der Waals surface area contributed by atoms with E-state index < -0.39 is 0 Å². The molecule has 1 aliphatic carbocycles.